The number of benzene rings is 2. The van der Waals surface area contributed by atoms with Crippen molar-refractivity contribution in [3.8, 4) is 22.4 Å². The molecule has 1 aliphatic heterocycles. The minimum absolute atomic E-state index is 0.0765. The van der Waals surface area contributed by atoms with Crippen LogP contribution in [0.2, 0.25) is 0 Å². The van der Waals surface area contributed by atoms with E-state index in [2.05, 4.69) is 11.9 Å². The van der Waals surface area contributed by atoms with Crippen LogP contribution in [0.15, 0.2) is 49.1 Å². The molecule has 0 saturated heterocycles. The van der Waals surface area contributed by atoms with Crippen LogP contribution in [0.1, 0.15) is 29.2 Å². The molecule has 1 unspecified atom stereocenters. The average molecular weight is 477 g/mol. The maximum Gasteiger partial charge on any atom is 0.226 e. The number of nitrogens with one attached hydrogen (secondary N) is 1. The first-order chi connectivity index (χ1) is 16.5. The number of anilines is 1. The van der Waals surface area contributed by atoms with E-state index in [0.717, 1.165) is 32.8 Å². The van der Waals surface area contributed by atoms with Gasteiger partial charge in [-0.3, -0.25) is 4.79 Å². The molecule has 0 aliphatic carbocycles. The van der Waals surface area contributed by atoms with Gasteiger partial charge in [0.1, 0.15) is 18.2 Å². The number of nitrogens with zero attached hydrogens (tertiary/aromatic N) is 3. The summed E-state index contributed by atoms with van der Waals surface area (Å²) in [6.07, 6.45) is 1.99. The summed E-state index contributed by atoms with van der Waals surface area (Å²) in [4.78, 5) is 17.5. The van der Waals surface area contributed by atoms with Gasteiger partial charge in [0.15, 0.2) is 11.5 Å². The number of fused-ring (bicyclic) bond motifs is 2. The van der Waals surface area contributed by atoms with Gasteiger partial charge in [0, 0.05) is 17.9 Å². The third-order valence-electron chi connectivity index (χ3n) is 5.81. The fourth-order valence-corrected chi connectivity index (χ4v) is 5.20. The van der Waals surface area contributed by atoms with Crippen LogP contribution >= 0.6 is 11.3 Å². The lowest BCUT2D eigenvalue weighted by molar-refractivity contribution is -0.116. The van der Waals surface area contributed by atoms with E-state index in [1.54, 1.807) is 25.0 Å². The molecule has 0 spiro atoms. The van der Waals surface area contributed by atoms with Crippen LogP contribution < -0.4 is 19.5 Å². The standard InChI is InChI=1S/C25H24N4O4S/c1-5-10-33-19-9-6-15(11-20(19)32-4)17-13-22(30)27-24-23(17)14(2)28-29(24)25-26-18-8-7-16(31-3)12-21(18)34-25/h5-9,11-12,17H,1,10,13H2,2-4H3,(H,27,30). The number of carbonyl (C=O) groups excluding carboxylic acids is 1. The number of aryl methyl sites for hydroxylation is 1. The van der Waals surface area contributed by atoms with Crippen LogP contribution in [0.25, 0.3) is 15.3 Å². The number of carbonyl (C=O) groups is 1. The molecule has 0 radical (unpaired) electrons. The molecule has 0 fully saturated rings. The second-order valence-corrected chi connectivity index (χ2v) is 8.91. The zero-order chi connectivity index (χ0) is 23.8. The Labute approximate surface area is 200 Å². The molecule has 8 nitrogen and oxygen atoms in total. The first-order valence-corrected chi connectivity index (χ1v) is 11.6. The molecule has 1 N–H and O–H groups in total. The van der Waals surface area contributed by atoms with Crippen LogP contribution in [-0.4, -0.2) is 41.5 Å². The Kier molecular flexibility index (Phi) is 5.70. The first-order valence-electron chi connectivity index (χ1n) is 10.8. The van der Waals surface area contributed by atoms with E-state index >= 15 is 0 Å². The second kappa shape index (κ2) is 8.83. The number of methoxy groups -OCH3 is 2. The Balaban J connectivity index is 1.58. The lowest BCUT2D eigenvalue weighted by Crippen LogP contribution is -2.25. The first kappa shape index (κ1) is 22.0. The SMILES string of the molecule is C=CCOc1ccc(C2CC(=O)Nc3c2c(C)nn3-c2nc3ccc(OC)cc3s2)cc1OC. The number of amides is 1. The number of hydrogen-bond acceptors (Lipinski definition) is 7. The fourth-order valence-electron chi connectivity index (χ4n) is 4.25. The van der Waals surface area contributed by atoms with Gasteiger partial charge in [-0.05, 0) is 42.8 Å². The highest BCUT2D eigenvalue weighted by Gasteiger charge is 2.33. The fraction of sp³-hybridized carbons (Fsp3) is 0.240. The molecular weight excluding hydrogens is 452 g/mol. The van der Waals surface area contributed by atoms with E-state index in [1.807, 2.05) is 43.3 Å². The van der Waals surface area contributed by atoms with Gasteiger partial charge in [-0.2, -0.15) is 9.78 Å². The molecule has 1 amide bonds. The van der Waals surface area contributed by atoms with E-state index in [1.165, 1.54) is 11.3 Å². The average Bonchev–Trinajstić information content (AvgIpc) is 3.42. The number of hydrogen-bond donors (Lipinski definition) is 1. The monoisotopic (exact) mass is 476 g/mol. The van der Waals surface area contributed by atoms with Crippen molar-refractivity contribution in [3.05, 3.63) is 65.9 Å². The zero-order valence-electron chi connectivity index (χ0n) is 19.1. The van der Waals surface area contributed by atoms with Crippen LogP contribution in [-0.2, 0) is 4.79 Å². The largest absolute Gasteiger partial charge is 0.497 e. The molecule has 174 valence electrons. The van der Waals surface area contributed by atoms with Gasteiger partial charge in [-0.1, -0.05) is 30.1 Å². The van der Waals surface area contributed by atoms with Gasteiger partial charge in [-0.25, -0.2) is 4.98 Å². The molecule has 4 aromatic rings. The predicted octanol–water partition coefficient (Wildman–Crippen LogP) is 4.85. The summed E-state index contributed by atoms with van der Waals surface area (Å²) < 4.78 is 19.3. The molecule has 2 aromatic heterocycles. The molecule has 5 rings (SSSR count). The third kappa shape index (κ3) is 3.77. The van der Waals surface area contributed by atoms with Crippen molar-refractivity contribution in [2.75, 3.05) is 26.1 Å². The van der Waals surface area contributed by atoms with Crippen molar-refractivity contribution in [1.29, 1.82) is 0 Å². The maximum absolute atomic E-state index is 12.8. The van der Waals surface area contributed by atoms with Crippen LogP contribution in [0, 0.1) is 6.92 Å². The summed E-state index contributed by atoms with van der Waals surface area (Å²) in [6, 6.07) is 11.5. The summed E-state index contributed by atoms with van der Waals surface area (Å²) in [6.45, 7) is 6.02. The maximum atomic E-state index is 12.8. The summed E-state index contributed by atoms with van der Waals surface area (Å²) >= 11 is 1.49. The molecule has 9 heteroatoms. The highest BCUT2D eigenvalue weighted by molar-refractivity contribution is 7.20. The summed E-state index contributed by atoms with van der Waals surface area (Å²) in [5.41, 5.74) is 3.61. The minimum Gasteiger partial charge on any atom is -0.497 e. The molecule has 3 heterocycles. The van der Waals surface area contributed by atoms with E-state index in [0.29, 0.717) is 35.5 Å². The van der Waals surface area contributed by atoms with Gasteiger partial charge in [0.2, 0.25) is 11.0 Å². The highest BCUT2D eigenvalue weighted by Crippen LogP contribution is 2.43. The highest BCUT2D eigenvalue weighted by atomic mass is 32.1. The lowest BCUT2D eigenvalue weighted by atomic mass is 9.85. The van der Waals surface area contributed by atoms with Crippen molar-refractivity contribution >= 4 is 33.3 Å². The van der Waals surface area contributed by atoms with Gasteiger partial charge in [-0.15, -0.1) is 0 Å². The zero-order valence-corrected chi connectivity index (χ0v) is 19.9. The Morgan fingerprint density at radius 2 is 2.06 bits per heavy atom. The van der Waals surface area contributed by atoms with Crippen molar-refractivity contribution < 1.29 is 19.0 Å². The van der Waals surface area contributed by atoms with E-state index in [-0.39, 0.29) is 11.8 Å². The van der Waals surface area contributed by atoms with Gasteiger partial charge in [0.05, 0.1) is 30.1 Å². The van der Waals surface area contributed by atoms with E-state index in [4.69, 9.17) is 24.3 Å². The molecule has 34 heavy (non-hydrogen) atoms. The topological polar surface area (TPSA) is 87.5 Å². The summed E-state index contributed by atoms with van der Waals surface area (Å²) in [5, 5.41) is 8.46. The van der Waals surface area contributed by atoms with Crippen LogP contribution in [0.3, 0.4) is 0 Å². The van der Waals surface area contributed by atoms with Crippen LogP contribution in [0.5, 0.6) is 17.2 Å². The van der Waals surface area contributed by atoms with Crippen molar-refractivity contribution in [3.63, 3.8) is 0 Å². The Hall–Kier alpha value is -3.85. The number of aromatic nitrogens is 3. The molecule has 2 aromatic carbocycles. The normalized spacial score (nSPS) is 15.0. The predicted molar refractivity (Wildman–Crippen MR) is 132 cm³/mol. The van der Waals surface area contributed by atoms with E-state index in [9.17, 15) is 4.79 Å². The number of rotatable bonds is 7. The van der Waals surface area contributed by atoms with Gasteiger partial charge >= 0.3 is 0 Å². The smallest absolute Gasteiger partial charge is 0.226 e. The molecule has 0 saturated carbocycles. The van der Waals surface area contributed by atoms with Crippen molar-refractivity contribution in [2.45, 2.75) is 19.3 Å². The van der Waals surface area contributed by atoms with Crippen molar-refractivity contribution in [2.24, 2.45) is 0 Å². The van der Waals surface area contributed by atoms with Crippen LogP contribution in [0.4, 0.5) is 5.82 Å². The third-order valence-corrected chi connectivity index (χ3v) is 6.81. The second-order valence-electron chi connectivity index (χ2n) is 7.90. The van der Waals surface area contributed by atoms with E-state index < -0.39 is 0 Å². The molecule has 1 aliphatic rings. The molecule has 0 bridgehead atoms. The summed E-state index contributed by atoms with van der Waals surface area (Å²) in [5.74, 6) is 2.41. The lowest BCUT2D eigenvalue weighted by Gasteiger charge is -2.24. The summed E-state index contributed by atoms with van der Waals surface area (Å²) in [7, 11) is 3.24. The minimum atomic E-state index is -0.172. The molecular formula is C25H24N4O4S. The molecule has 1 atom stereocenters. The van der Waals surface area contributed by atoms with Gasteiger partial charge < -0.3 is 19.5 Å². The van der Waals surface area contributed by atoms with Crippen molar-refractivity contribution in [1.82, 2.24) is 14.8 Å². The number of ether oxygens (including phenoxy) is 3. The number of thiazole rings is 1. The Morgan fingerprint density at radius 3 is 2.82 bits per heavy atom. The Morgan fingerprint density at radius 1 is 1.21 bits per heavy atom. The quantitative estimate of drug-likeness (QED) is 0.384. The Bertz CT molecular complexity index is 1410. The van der Waals surface area contributed by atoms with Gasteiger partial charge in [0.25, 0.3) is 0 Å².